The quantitative estimate of drug-likeness (QED) is 0.353. The maximum Gasteiger partial charge on any atom is 0.356 e. The molecule has 194 valence electrons. The molecule has 0 saturated carbocycles. The van der Waals surface area contributed by atoms with Crippen LogP contribution >= 0.6 is 11.6 Å². The van der Waals surface area contributed by atoms with Gasteiger partial charge in [-0.2, -0.15) is 5.26 Å². The van der Waals surface area contributed by atoms with Crippen molar-refractivity contribution in [2.24, 2.45) is 7.05 Å². The van der Waals surface area contributed by atoms with Crippen LogP contribution < -0.4 is 15.1 Å². The molecule has 0 radical (unpaired) electrons. The normalized spacial score (nSPS) is 14.4. The number of aromatic nitrogens is 5. The van der Waals surface area contributed by atoms with E-state index in [1.807, 2.05) is 43.8 Å². The first-order chi connectivity index (χ1) is 18.2. The molecular weight excluding hydrogens is 506 g/mol. The van der Waals surface area contributed by atoms with Gasteiger partial charge in [-0.15, -0.1) is 0 Å². The number of carboxylic acid groups (broad SMARTS) is 1. The molecule has 1 aliphatic rings. The molecule has 1 aliphatic heterocycles. The zero-order valence-electron chi connectivity index (χ0n) is 21.2. The molecule has 3 aromatic heterocycles. The van der Waals surface area contributed by atoms with E-state index in [-0.39, 0.29) is 22.6 Å². The van der Waals surface area contributed by atoms with E-state index in [9.17, 15) is 15.2 Å². The maximum absolute atomic E-state index is 11.7. The molecule has 1 saturated heterocycles. The molecule has 0 aliphatic carbocycles. The van der Waals surface area contributed by atoms with Gasteiger partial charge in [0.1, 0.15) is 17.0 Å². The number of carbonyl (C=O) groups is 1. The number of benzene rings is 1. The number of halogens is 1. The third-order valence-electron chi connectivity index (χ3n) is 6.53. The van der Waals surface area contributed by atoms with Gasteiger partial charge < -0.3 is 24.8 Å². The third kappa shape index (κ3) is 4.90. The lowest BCUT2D eigenvalue weighted by Gasteiger charge is -2.35. The highest BCUT2D eigenvalue weighted by Gasteiger charge is 2.25. The number of fused-ring (bicyclic) bond motifs is 1. The zero-order chi connectivity index (χ0) is 27.0. The molecule has 38 heavy (non-hydrogen) atoms. The van der Waals surface area contributed by atoms with E-state index in [1.54, 1.807) is 18.5 Å². The highest BCUT2D eigenvalue weighted by molar-refractivity contribution is 6.29. The van der Waals surface area contributed by atoms with Crippen molar-refractivity contribution in [3.05, 3.63) is 64.5 Å². The topological polar surface area (TPSA) is 136 Å². The molecule has 11 nitrogen and oxygen atoms in total. The van der Waals surface area contributed by atoms with Crippen molar-refractivity contribution < 1.29 is 9.90 Å². The monoisotopic (exact) mass is 531 g/mol. The summed E-state index contributed by atoms with van der Waals surface area (Å²) in [7, 11) is 1.94. The molecule has 12 heteroatoms. The molecule has 0 spiro atoms. The Balaban J connectivity index is 1.48. The first-order valence-electron chi connectivity index (χ1n) is 12.1. The van der Waals surface area contributed by atoms with Gasteiger partial charge in [0, 0.05) is 45.0 Å². The molecule has 4 aromatic rings. The number of anilines is 3. The van der Waals surface area contributed by atoms with Crippen molar-refractivity contribution in [2.75, 3.05) is 41.3 Å². The van der Waals surface area contributed by atoms with Crippen LogP contribution in [0, 0.1) is 18.3 Å². The van der Waals surface area contributed by atoms with Gasteiger partial charge >= 0.3 is 5.97 Å². The van der Waals surface area contributed by atoms with Crippen LogP contribution in [0.3, 0.4) is 0 Å². The van der Waals surface area contributed by atoms with Gasteiger partial charge in [0.25, 0.3) is 0 Å². The Hall–Kier alpha value is -4.43. The molecule has 1 atom stereocenters. The molecule has 1 aromatic carbocycles. The minimum atomic E-state index is -1.18. The highest BCUT2D eigenvalue weighted by Crippen LogP contribution is 2.31. The molecular formula is C26H26ClN9O2. The summed E-state index contributed by atoms with van der Waals surface area (Å²) >= 11 is 5.92. The second kappa shape index (κ2) is 10.1. The van der Waals surface area contributed by atoms with Gasteiger partial charge in [0.2, 0.25) is 0 Å². The fourth-order valence-electron chi connectivity index (χ4n) is 4.68. The Labute approximate surface area is 224 Å². The smallest absolute Gasteiger partial charge is 0.356 e. The summed E-state index contributed by atoms with van der Waals surface area (Å²) in [5, 5.41) is 22.8. The van der Waals surface area contributed by atoms with Crippen LogP contribution in [0.15, 0.2) is 36.8 Å². The van der Waals surface area contributed by atoms with Gasteiger partial charge in [-0.25, -0.2) is 24.7 Å². The van der Waals surface area contributed by atoms with Crippen molar-refractivity contribution >= 4 is 45.9 Å². The zero-order valence-corrected chi connectivity index (χ0v) is 21.9. The maximum atomic E-state index is 11.7. The number of aryl methyl sites for hydroxylation is 2. The molecule has 4 heterocycles. The number of nitrogens with one attached hydrogen (secondary N) is 1. The Morgan fingerprint density at radius 3 is 2.55 bits per heavy atom. The summed E-state index contributed by atoms with van der Waals surface area (Å²) in [5.74, 6) is 0.284. The van der Waals surface area contributed by atoms with Crippen molar-refractivity contribution in [1.82, 2.24) is 24.5 Å². The van der Waals surface area contributed by atoms with Crippen LogP contribution in [0.2, 0.25) is 5.15 Å². The number of imidazole rings is 1. The fourth-order valence-corrected chi connectivity index (χ4v) is 4.83. The Morgan fingerprint density at radius 1 is 1.16 bits per heavy atom. The number of pyridine rings is 1. The Bertz CT molecular complexity index is 1570. The number of aromatic carboxylic acids is 1. The van der Waals surface area contributed by atoms with Crippen LogP contribution in [0.5, 0.6) is 0 Å². The third-order valence-corrected chi connectivity index (χ3v) is 6.74. The van der Waals surface area contributed by atoms with E-state index in [0.717, 1.165) is 30.0 Å². The Morgan fingerprint density at radius 2 is 1.89 bits per heavy atom. The molecule has 2 N–H and O–H groups in total. The number of nitriles is 1. The predicted octanol–water partition coefficient (Wildman–Crippen LogP) is 3.79. The summed E-state index contributed by atoms with van der Waals surface area (Å²) in [6, 6.07) is 8.91. The second-order valence-corrected chi connectivity index (χ2v) is 9.69. The van der Waals surface area contributed by atoms with Gasteiger partial charge in [0.15, 0.2) is 17.2 Å². The van der Waals surface area contributed by atoms with E-state index in [1.165, 1.54) is 0 Å². The SMILES string of the molecule is Cc1cc([C@@H](C)Nc2ccc(Cl)nc2C(=O)O)c2nc(N3CCN(c4cn(C)cn4)CC3)c(C#N)nc2c1. The average molecular weight is 532 g/mol. The van der Waals surface area contributed by atoms with E-state index in [2.05, 4.69) is 36.1 Å². The molecule has 0 bridgehead atoms. The summed E-state index contributed by atoms with van der Waals surface area (Å²) < 4.78 is 1.92. The number of nitrogens with zero attached hydrogens (tertiary/aromatic N) is 8. The number of rotatable bonds is 6. The van der Waals surface area contributed by atoms with Crippen molar-refractivity contribution in [2.45, 2.75) is 19.9 Å². The van der Waals surface area contributed by atoms with E-state index >= 15 is 0 Å². The number of carboxylic acids is 1. The summed E-state index contributed by atoms with van der Waals surface area (Å²) in [6.45, 7) is 6.67. The van der Waals surface area contributed by atoms with E-state index < -0.39 is 5.97 Å². The fraction of sp³-hybridized carbons (Fsp3) is 0.308. The van der Waals surface area contributed by atoms with E-state index in [4.69, 9.17) is 16.6 Å². The van der Waals surface area contributed by atoms with Crippen molar-refractivity contribution in [1.29, 1.82) is 5.26 Å². The average Bonchev–Trinajstić information content (AvgIpc) is 3.34. The van der Waals surface area contributed by atoms with Crippen LogP contribution in [0.25, 0.3) is 11.0 Å². The minimum absolute atomic E-state index is 0.101. The second-order valence-electron chi connectivity index (χ2n) is 9.30. The van der Waals surface area contributed by atoms with Gasteiger partial charge in [-0.05, 0) is 37.6 Å². The summed E-state index contributed by atoms with van der Waals surface area (Å²) in [4.78, 5) is 34.0. The summed E-state index contributed by atoms with van der Waals surface area (Å²) in [6.07, 6.45) is 3.77. The van der Waals surface area contributed by atoms with Crippen molar-refractivity contribution in [3.63, 3.8) is 0 Å². The van der Waals surface area contributed by atoms with Gasteiger partial charge in [-0.1, -0.05) is 17.7 Å². The van der Waals surface area contributed by atoms with Crippen LogP contribution in [0.4, 0.5) is 17.3 Å². The first kappa shape index (κ1) is 25.2. The number of hydrogen-bond acceptors (Lipinski definition) is 9. The van der Waals surface area contributed by atoms with Crippen LogP contribution in [0.1, 0.15) is 40.3 Å². The largest absolute Gasteiger partial charge is 0.476 e. The summed E-state index contributed by atoms with van der Waals surface area (Å²) in [5.41, 5.74) is 3.49. The highest BCUT2D eigenvalue weighted by atomic mass is 35.5. The van der Waals surface area contributed by atoms with E-state index in [0.29, 0.717) is 35.6 Å². The first-order valence-corrected chi connectivity index (χ1v) is 12.5. The number of hydrogen-bond donors (Lipinski definition) is 2. The number of piperazine rings is 1. The Kier molecular flexibility index (Phi) is 6.73. The van der Waals surface area contributed by atoms with Crippen molar-refractivity contribution in [3.8, 4) is 6.07 Å². The predicted molar refractivity (Wildman–Crippen MR) is 145 cm³/mol. The van der Waals surface area contributed by atoms with Crippen LogP contribution in [-0.2, 0) is 7.05 Å². The molecule has 0 amide bonds. The molecule has 5 rings (SSSR count). The van der Waals surface area contributed by atoms with Gasteiger partial charge in [-0.3, -0.25) is 0 Å². The van der Waals surface area contributed by atoms with Crippen LogP contribution in [-0.4, -0.2) is 61.8 Å². The van der Waals surface area contributed by atoms with Gasteiger partial charge in [0.05, 0.1) is 29.1 Å². The minimum Gasteiger partial charge on any atom is -0.476 e. The molecule has 1 fully saturated rings. The lowest BCUT2D eigenvalue weighted by atomic mass is 10.0. The standard InChI is InChI=1S/C26H26ClN9O2/c1-15-10-17(16(2)30-18-4-5-21(27)32-24(18)26(37)38)23-19(11-15)31-20(12-28)25(33-23)36-8-6-35(7-9-36)22-13-34(3)14-29-22/h4-5,10-11,13-14,16,30H,6-9H2,1-3H3,(H,37,38)/t16-/m1/s1. The lowest BCUT2D eigenvalue weighted by molar-refractivity contribution is 0.0691. The molecule has 0 unspecified atom stereocenters. The lowest BCUT2D eigenvalue weighted by Crippen LogP contribution is -2.47.